The first-order chi connectivity index (χ1) is 5.74. The van der Waals surface area contributed by atoms with Crippen molar-refractivity contribution >= 4 is 6.04 Å². The summed E-state index contributed by atoms with van der Waals surface area (Å²) in [5, 5.41) is 0. The Morgan fingerprint density at radius 2 is 2.00 bits per heavy atom. The Balaban J connectivity index is 2.78. The molecule has 0 saturated heterocycles. The summed E-state index contributed by atoms with van der Waals surface area (Å²) in [4.78, 5) is 10.2. The van der Waals surface area contributed by atoms with Crippen LogP contribution in [0.25, 0.3) is 0 Å². The standard InChI is InChI=1S/C9H9FO2/c1-2-12-8-5-3-7(4-6-8)9(10)11/h3-6H,2H2,1H3. The summed E-state index contributed by atoms with van der Waals surface area (Å²) >= 11 is 0. The van der Waals surface area contributed by atoms with Crippen LogP contribution in [0.5, 0.6) is 5.75 Å². The molecular formula is C9H9FO2. The maximum atomic E-state index is 12.1. The Hall–Kier alpha value is -1.38. The minimum Gasteiger partial charge on any atom is -0.494 e. The summed E-state index contributed by atoms with van der Waals surface area (Å²) in [7, 11) is 0. The molecule has 0 fully saturated rings. The van der Waals surface area contributed by atoms with Gasteiger partial charge in [-0.05, 0) is 31.2 Å². The van der Waals surface area contributed by atoms with Crippen LogP contribution in [0, 0.1) is 0 Å². The van der Waals surface area contributed by atoms with E-state index in [2.05, 4.69) is 0 Å². The molecule has 2 nitrogen and oxygen atoms in total. The second kappa shape index (κ2) is 3.85. The van der Waals surface area contributed by atoms with Gasteiger partial charge in [0.1, 0.15) is 5.75 Å². The first kappa shape index (κ1) is 8.71. The van der Waals surface area contributed by atoms with Gasteiger partial charge in [-0.1, -0.05) is 0 Å². The zero-order chi connectivity index (χ0) is 8.97. The van der Waals surface area contributed by atoms with Crippen LogP contribution < -0.4 is 4.74 Å². The highest BCUT2D eigenvalue weighted by molar-refractivity contribution is 5.88. The summed E-state index contributed by atoms with van der Waals surface area (Å²) in [5.41, 5.74) is 0.0541. The molecule has 1 aromatic rings. The van der Waals surface area contributed by atoms with Gasteiger partial charge in [-0.3, -0.25) is 4.79 Å². The second-order valence-electron chi connectivity index (χ2n) is 2.23. The van der Waals surface area contributed by atoms with Gasteiger partial charge in [0.25, 0.3) is 0 Å². The fourth-order valence-electron chi connectivity index (χ4n) is 0.849. The van der Waals surface area contributed by atoms with Crippen molar-refractivity contribution in [2.75, 3.05) is 6.61 Å². The summed E-state index contributed by atoms with van der Waals surface area (Å²) in [6, 6.07) is 4.51. The molecule has 0 N–H and O–H groups in total. The maximum absolute atomic E-state index is 12.1. The molecule has 0 aliphatic carbocycles. The van der Waals surface area contributed by atoms with Crippen molar-refractivity contribution in [3.63, 3.8) is 0 Å². The van der Waals surface area contributed by atoms with Crippen LogP contribution in [0.2, 0.25) is 0 Å². The molecule has 0 bridgehead atoms. The van der Waals surface area contributed by atoms with E-state index in [1.54, 1.807) is 12.1 Å². The highest BCUT2D eigenvalue weighted by Crippen LogP contribution is 2.12. The summed E-state index contributed by atoms with van der Waals surface area (Å²) < 4.78 is 17.2. The minimum atomic E-state index is -1.42. The van der Waals surface area contributed by atoms with E-state index in [1.807, 2.05) is 6.92 Å². The van der Waals surface area contributed by atoms with Crippen LogP contribution in [0.15, 0.2) is 24.3 Å². The van der Waals surface area contributed by atoms with E-state index in [0.717, 1.165) is 0 Å². The number of benzene rings is 1. The molecule has 1 aromatic carbocycles. The van der Waals surface area contributed by atoms with Crippen molar-refractivity contribution in [2.45, 2.75) is 6.92 Å². The van der Waals surface area contributed by atoms with Crippen molar-refractivity contribution in [1.82, 2.24) is 0 Å². The van der Waals surface area contributed by atoms with Gasteiger partial charge in [-0.2, -0.15) is 4.39 Å². The molecule has 0 unspecified atom stereocenters. The highest BCUT2D eigenvalue weighted by Gasteiger charge is 2.01. The molecule has 0 atom stereocenters. The van der Waals surface area contributed by atoms with Crippen molar-refractivity contribution in [3.8, 4) is 5.75 Å². The van der Waals surface area contributed by atoms with Crippen LogP contribution in [-0.4, -0.2) is 12.6 Å². The SMILES string of the molecule is CCOc1ccc(C(=O)F)cc1. The van der Waals surface area contributed by atoms with Crippen molar-refractivity contribution in [2.24, 2.45) is 0 Å². The fraction of sp³-hybridized carbons (Fsp3) is 0.222. The molecule has 0 spiro atoms. The van der Waals surface area contributed by atoms with Gasteiger partial charge >= 0.3 is 6.04 Å². The van der Waals surface area contributed by atoms with Crippen LogP contribution in [-0.2, 0) is 0 Å². The van der Waals surface area contributed by atoms with Gasteiger partial charge < -0.3 is 4.74 Å². The highest BCUT2D eigenvalue weighted by atomic mass is 19.1. The normalized spacial score (nSPS) is 9.50. The molecule has 0 amide bonds. The second-order valence-corrected chi connectivity index (χ2v) is 2.23. The molecule has 0 aliphatic heterocycles. The fourth-order valence-corrected chi connectivity index (χ4v) is 0.849. The Kier molecular flexibility index (Phi) is 2.80. The predicted molar refractivity (Wildman–Crippen MR) is 43.0 cm³/mol. The molecular weight excluding hydrogens is 159 g/mol. The van der Waals surface area contributed by atoms with Gasteiger partial charge in [-0.25, -0.2) is 0 Å². The van der Waals surface area contributed by atoms with Crippen molar-refractivity contribution < 1.29 is 13.9 Å². The molecule has 0 heterocycles. The lowest BCUT2D eigenvalue weighted by Crippen LogP contribution is -1.93. The van der Waals surface area contributed by atoms with E-state index in [1.165, 1.54) is 12.1 Å². The number of hydrogen-bond acceptors (Lipinski definition) is 2. The first-order valence-corrected chi connectivity index (χ1v) is 3.66. The molecule has 12 heavy (non-hydrogen) atoms. The van der Waals surface area contributed by atoms with Crippen LogP contribution in [0.3, 0.4) is 0 Å². The average Bonchev–Trinajstić information content (AvgIpc) is 2.06. The Morgan fingerprint density at radius 3 is 2.42 bits per heavy atom. The summed E-state index contributed by atoms with van der Waals surface area (Å²) in [6.07, 6.45) is 0. The van der Waals surface area contributed by atoms with Gasteiger partial charge in [0.15, 0.2) is 0 Å². The maximum Gasteiger partial charge on any atom is 0.332 e. The largest absolute Gasteiger partial charge is 0.494 e. The van der Waals surface area contributed by atoms with E-state index in [9.17, 15) is 9.18 Å². The molecule has 1 rings (SSSR count). The quantitative estimate of drug-likeness (QED) is 0.646. The summed E-state index contributed by atoms with van der Waals surface area (Å²) in [6.45, 7) is 2.41. The lowest BCUT2D eigenvalue weighted by Gasteiger charge is -2.01. The topological polar surface area (TPSA) is 26.3 Å². The van der Waals surface area contributed by atoms with E-state index in [4.69, 9.17) is 4.74 Å². The lowest BCUT2D eigenvalue weighted by atomic mass is 10.2. The summed E-state index contributed by atoms with van der Waals surface area (Å²) in [5.74, 6) is 0.641. The van der Waals surface area contributed by atoms with E-state index in [0.29, 0.717) is 12.4 Å². The third kappa shape index (κ3) is 2.05. The molecule has 0 aromatic heterocycles. The van der Waals surface area contributed by atoms with Gasteiger partial charge in [-0.15, -0.1) is 0 Å². The molecule has 64 valence electrons. The van der Waals surface area contributed by atoms with E-state index in [-0.39, 0.29) is 5.56 Å². The number of hydrogen-bond donors (Lipinski definition) is 0. The predicted octanol–water partition coefficient (Wildman–Crippen LogP) is 2.20. The third-order valence-corrected chi connectivity index (χ3v) is 1.39. The number of ether oxygens (including phenoxy) is 1. The molecule has 0 saturated carbocycles. The molecule has 0 radical (unpaired) electrons. The zero-order valence-electron chi connectivity index (χ0n) is 6.71. The number of carbonyl (C=O) groups excluding carboxylic acids is 1. The Bertz CT molecular complexity index is 266. The number of halogens is 1. The van der Waals surface area contributed by atoms with Crippen LogP contribution >= 0.6 is 0 Å². The number of rotatable bonds is 3. The van der Waals surface area contributed by atoms with Gasteiger partial charge in [0, 0.05) is 0 Å². The van der Waals surface area contributed by atoms with Gasteiger partial charge in [0.2, 0.25) is 0 Å². The van der Waals surface area contributed by atoms with Crippen LogP contribution in [0.1, 0.15) is 17.3 Å². The third-order valence-electron chi connectivity index (χ3n) is 1.39. The van der Waals surface area contributed by atoms with Crippen LogP contribution in [0.4, 0.5) is 4.39 Å². The van der Waals surface area contributed by atoms with E-state index < -0.39 is 6.04 Å². The Labute approximate surface area is 70.0 Å². The number of carbonyl (C=O) groups is 1. The average molecular weight is 168 g/mol. The van der Waals surface area contributed by atoms with Gasteiger partial charge in [0.05, 0.1) is 12.2 Å². The Morgan fingerprint density at radius 1 is 1.42 bits per heavy atom. The lowest BCUT2D eigenvalue weighted by molar-refractivity contribution is 0.0836. The smallest absolute Gasteiger partial charge is 0.332 e. The monoisotopic (exact) mass is 168 g/mol. The van der Waals surface area contributed by atoms with Crippen molar-refractivity contribution in [1.29, 1.82) is 0 Å². The first-order valence-electron chi connectivity index (χ1n) is 3.66. The van der Waals surface area contributed by atoms with Crippen molar-refractivity contribution in [3.05, 3.63) is 29.8 Å². The molecule has 0 aliphatic rings. The molecule has 3 heteroatoms. The van der Waals surface area contributed by atoms with E-state index >= 15 is 0 Å². The minimum absolute atomic E-state index is 0.0541. The zero-order valence-corrected chi connectivity index (χ0v) is 6.71.